The monoisotopic (exact) mass is 536 g/mol. The van der Waals surface area contributed by atoms with Gasteiger partial charge in [0.2, 0.25) is 11.8 Å². The number of carbonyl (C=O) groups excluding carboxylic acids is 4. The third-order valence-corrected chi connectivity index (χ3v) is 6.73. The fourth-order valence-corrected chi connectivity index (χ4v) is 4.59. The number of para-hydroxylation sites is 1. The van der Waals surface area contributed by atoms with E-state index in [9.17, 15) is 19.2 Å². The SMILES string of the molecule is Cc1ccc(C)c(C(C(=O)Nc2ccccc2C)N(C(=O)C(CC(N)=O)NC(=O)OC(C)(C)C)C2CC2C)c1. The van der Waals surface area contributed by atoms with Gasteiger partial charge in [-0.2, -0.15) is 0 Å². The number of amides is 4. The molecule has 0 spiro atoms. The molecule has 4 atom stereocenters. The van der Waals surface area contributed by atoms with E-state index in [4.69, 9.17) is 10.5 Å². The molecule has 4 unspecified atom stereocenters. The van der Waals surface area contributed by atoms with Crippen LogP contribution < -0.4 is 16.4 Å². The minimum absolute atomic E-state index is 0.128. The number of ether oxygens (including phenoxy) is 1. The van der Waals surface area contributed by atoms with E-state index in [0.29, 0.717) is 17.7 Å². The number of hydrogen-bond acceptors (Lipinski definition) is 5. The lowest BCUT2D eigenvalue weighted by Crippen LogP contribution is -2.54. The average molecular weight is 537 g/mol. The van der Waals surface area contributed by atoms with Crippen LogP contribution in [-0.2, 0) is 19.1 Å². The summed E-state index contributed by atoms with van der Waals surface area (Å²) in [6.45, 7) is 12.8. The molecule has 0 heterocycles. The van der Waals surface area contributed by atoms with Gasteiger partial charge < -0.3 is 26.0 Å². The summed E-state index contributed by atoms with van der Waals surface area (Å²) in [4.78, 5) is 54.4. The molecule has 4 amide bonds. The van der Waals surface area contributed by atoms with Crippen molar-refractivity contribution in [2.75, 3.05) is 5.32 Å². The van der Waals surface area contributed by atoms with Crippen LogP contribution in [0.2, 0.25) is 0 Å². The maximum absolute atomic E-state index is 14.2. The molecule has 1 fully saturated rings. The summed E-state index contributed by atoms with van der Waals surface area (Å²) in [5.74, 6) is -1.59. The number of carbonyl (C=O) groups is 4. The number of primary amides is 1. The molecular weight excluding hydrogens is 496 g/mol. The standard InChI is InChI=1S/C30H40N4O5/c1-17-12-13-18(2)21(14-17)26(27(36)32-22-11-9-8-10-19(22)3)34(24-15-20(24)4)28(37)23(16-25(31)35)33-29(38)39-30(5,6)7/h8-14,20,23-24,26H,15-16H2,1-7H3,(H2,31,35)(H,32,36)(H,33,38). The molecule has 1 saturated carbocycles. The third-order valence-electron chi connectivity index (χ3n) is 6.73. The van der Waals surface area contributed by atoms with Gasteiger partial charge >= 0.3 is 6.09 Å². The van der Waals surface area contributed by atoms with Crippen LogP contribution in [0.25, 0.3) is 0 Å². The Bertz CT molecular complexity index is 1250. The highest BCUT2D eigenvalue weighted by Gasteiger charge is 2.48. The van der Waals surface area contributed by atoms with Crippen molar-refractivity contribution in [3.63, 3.8) is 0 Å². The highest BCUT2D eigenvalue weighted by atomic mass is 16.6. The summed E-state index contributed by atoms with van der Waals surface area (Å²) in [6, 6.07) is 10.6. The van der Waals surface area contributed by atoms with E-state index in [1.54, 1.807) is 26.8 Å². The summed E-state index contributed by atoms with van der Waals surface area (Å²) in [6.07, 6.45) is -0.603. The average Bonchev–Trinajstić information content (AvgIpc) is 3.54. The zero-order valence-corrected chi connectivity index (χ0v) is 23.8. The van der Waals surface area contributed by atoms with Gasteiger partial charge in [-0.25, -0.2) is 4.79 Å². The zero-order valence-electron chi connectivity index (χ0n) is 23.8. The topological polar surface area (TPSA) is 131 Å². The van der Waals surface area contributed by atoms with Gasteiger partial charge in [-0.05, 0) is 76.6 Å². The van der Waals surface area contributed by atoms with Gasteiger partial charge in [-0.15, -0.1) is 0 Å². The molecule has 9 heteroatoms. The molecular formula is C30H40N4O5. The molecule has 3 rings (SSSR count). The van der Waals surface area contributed by atoms with Gasteiger partial charge in [-0.3, -0.25) is 14.4 Å². The van der Waals surface area contributed by atoms with Gasteiger partial charge in [0.15, 0.2) is 0 Å². The molecule has 1 aliphatic carbocycles. The normalized spacial score (nSPS) is 17.9. The second-order valence-corrected chi connectivity index (χ2v) is 11.5. The van der Waals surface area contributed by atoms with Crippen LogP contribution in [0.15, 0.2) is 42.5 Å². The summed E-state index contributed by atoms with van der Waals surface area (Å²) >= 11 is 0. The number of benzene rings is 2. The number of alkyl carbamates (subject to hydrolysis) is 1. The number of nitrogens with one attached hydrogen (secondary N) is 2. The van der Waals surface area contributed by atoms with Crippen molar-refractivity contribution in [2.24, 2.45) is 11.7 Å². The summed E-state index contributed by atoms with van der Waals surface area (Å²) in [5.41, 5.74) is 8.61. The Morgan fingerprint density at radius 3 is 2.26 bits per heavy atom. The number of aryl methyl sites for hydroxylation is 3. The number of nitrogens with zero attached hydrogens (tertiary/aromatic N) is 1. The van der Waals surface area contributed by atoms with E-state index < -0.39 is 42.0 Å². The molecule has 210 valence electrons. The Morgan fingerprint density at radius 1 is 1.05 bits per heavy atom. The Kier molecular flexibility index (Phi) is 9.04. The van der Waals surface area contributed by atoms with Crippen LogP contribution >= 0.6 is 0 Å². The first kappa shape index (κ1) is 29.7. The van der Waals surface area contributed by atoms with Gasteiger partial charge in [0.05, 0.1) is 6.42 Å². The highest BCUT2D eigenvalue weighted by molar-refractivity contribution is 6.00. The second kappa shape index (κ2) is 11.9. The fraction of sp³-hybridized carbons (Fsp3) is 0.467. The van der Waals surface area contributed by atoms with Gasteiger partial charge in [0.1, 0.15) is 17.7 Å². The van der Waals surface area contributed by atoms with Crippen molar-refractivity contribution in [2.45, 2.75) is 85.0 Å². The third kappa shape index (κ3) is 7.81. The van der Waals surface area contributed by atoms with E-state index in [0.717, 1.165) is 16.7 Å². The van der Waals surface area contributed by atoms with Crippen molar-refractivity contribution in [3.8, 4) is 0 Å². The molecule has 2 aromatic rings. The molecule has 0 aliphatic heterocycles. The lowest BCUT2D eigenvalue weighted by Gasteiger charge is -2.35. The minimum atomic E-state index is -1.30. The summed E-state index contributed by atoms with van der Waals surface area (Å²) in [5, 5.41) is 5.53. The first-order valence-electron chi connectivity index (χ1n) is 13.2. The lowest BCUT2D eigenvalue weighted by molar-refractivity contribution is -0.142. The zero-order chi connectivity index (χ0) is 29.1. The van der Waals surface area contributed by atoms with E-state index in [1.165, 1.54) is 4.90 Å². The van der Waals surface area contributed by atoms with Crippen molar-refractivity contribution < 1.29 is 23.9 Å². The first-order valence-corrected chi connectivity index (χ1v) is 13.2. The van der Waals surface area contributed by atoms with Crippen LogP contribution in [0.5, 0.6) is 0 Å². The number of rotatable bonds is 9. The largest absolute Gasteiger partial charge is 0.444 e. The van der Waals surface area contributed by atoms with Crippen LogP contribution in [0, 0.1) is 26.7 Å². The van der Waals surface area contributed by atoms with Crippen LogP contribution in [0.1, 0.15) is 68.8 Å². The summed E-state index contributed by atoms with van der Waals surface area (Å²) < 4.78 is 5.34. The van der Waals surface area contributed by atoms with E-state index >= 15 is 0 Å². The maximum atomic E-state index is 14.2. The minimum Gasteiger partial charge on any atom is -0.444 e. The van der Waals surface area contributed by atoms with Gasteiger partial charge in [0, 0.05) is 11.7 Å². The molecule has 9 nitrogen and oxygen atoms in total. The Balaban J connectivity index is 2.08. The predicted octanol–water partition coefficient (Wildman–Crippen LogP) is 4.30. The summed E-state index contributed by atoms with van der Waals surface area (Å²) in [7, 11) is 0. The smallest absolute Gasteiger partial charge is 0.408 e. The van der Waals surface area contributed by atoms with Gasteiger partial charge in [-0.1, -0.05) is 48.9 Å². The first-order chi connectivity index (χ1) is 18.2. The molecule has 4 N–H and O–H groups in total. The maximum Gasteiger partial charge on any atom is 0.408 e. The van der Waals surface area contributed by atoms with E-state index in [1.807, 2.05) is 64.1 Å². The molecule has 0 radical (unpaired) electrons. The Morgan fingerprint density at radius 2 is 1.69 bits per heavy atom. The van der Waals surface area contributed by atoms with E-state index in [-0.39, 0.29) is 17.9 Å². The van der Waals surface area contributed by atoms with E-state index in [2.05, 4.69) is 10.6 Å². The van der Waals surface area contributed by atoms with Crippen LogP contribution in [0.3, 0.4) is 0 Å². The number of anilines is 1. The fourth-order valence-electron chi connectivity index (χ4n) is 4.59. The number of hydrogen-bond donors (Lipinski definition) is 3. The predicted molar refractivity (Wildman–Crippen MR) is 150 cm³/mol. The lowest BCUT2D eigenvalue weighted by atomic mass is 9.95. The Labute approximate surface area is 230 Å². The van der Waals surface area contributed by atoms with Crippen LogP contribution in [-0.4, -0.2) is 46.4 Å². The highest BCUT2D eigenvalue weighted by Crippen LogP contribution is 2.42. The number of nitrogens with two attached hydrogens (primary N) is 1. The molecule has 39 heavy (non-hydrogen) atoms. The molecule has 0 bridgehead atoms. The van der Waals surface area contributed by atoms with Crippen molar-refractivity contribution in [3.05, 3.63) is 64.7 Å². The van der Waals surface area contributed by atoms with Crippen molar-refractivity contribution in [1.82, 2.24) is 10.2 Å². The molecule has 0 aromatic heterocycles. The Hall–Kier alpha value is -3.88. The quantitative estimate of drug-likeness (QED) is 0.440. The molecule has 0 saturated heterocycles. The van der Waals surface area contributed by atoms with Crippen molar-refractivity contribution >= 4 is 29.5 Å². The second-order valence-electron chi connectivity index (χ2n) is 11.5. The van der Waals surface area contributed by atoms with Crippen molar-refractivity contribution in [1.29, 1.82) is 0 Å². The molecule has 2 aromatic carbocycles. The molecule has 1 aliphatic rings. The van der Waals surface area contributed by atoms with Crippen LogP contribution in [0.4, 0.5) is 10.5 Å². The van der Waals surface area contributed by atoms with Gasteiger partial charge in [0.25, 0.3) is 5.91 Å².